The van der Waals surface area contributed by atoms with Gasteiger partial charge in [0.2, 0.25) is 20.0 Å². The van der Waals surface area contributed by atoms with Gasteiger partial charge in [-0.25, -0.2) is 21.6 Å². The third-order valence-electron chi connectivity index (χ3n) is 7.69. The van der Waals surface area contributed by atoms with Gasteiger partial charge in [-0.15, -0.1) is 11.6 Å². The third kappa shape index (κ3) is 7.49. The molecule has 1 saturated carbocycles. The van der Waals surface area contributed by atoms with E-state index in [1.807, 2.05) is 0 Å². The van der Waals surface area contributed by atoms with Crippen LogP contribution in [0.4, 0.5) is 5.69 Å². The molecule has 10 nitrogen and oxygen atoms in total. The Bertz CT molecular complexity index is 1770. The Morgan fingerprint density at radius 2 is 1.67 bits per heavy atom. The average Bonchev–Trinajstić information content (AvgIpc) is 3.78. The van der Waals surface area contributed by atoms with Gasteiger partial charge in [-0.2, -0.15) is 4.72 Å². The summed E-state index contributed by atoms with van der Waals surface area (Å²) in [5.74, 6) is -1.42. The molecule has 1 aromatic heterocycles. The molecule has 13 heteroatoms. The smallest absolute Gasteiger partial charge is 0.343 e. The zero-order chi connectivity index (χ0) is 30.8. The van der Waals surface area contributed by atoms with Crippen molar-refractivity contribution < 1.29 is 31.2 Å². The largest absolute Gasteiger partial charge is 0.506 e. The molecule has 2 aliphatic carbocycles. The molecule has 3 N–H and O–H groups in total. The van der Waals surface area contributed by atoms with Gasteiger partial charge in [0.15, 0.2) is 5.78 Å². The van der Waals surface area contributed by atoms with E-state index in [9.17, 15) is 31.5 Å². The summed E-state index contributed by atoms with van der Waals surface area (Å²) in [6.07, 6.45) is 4.32. The zero-order valence-electron chi connectivity index (χ0n) is 23.3. The molecular weight excluding hydrogens is 616 g/mol. The molecule has 230 valence electrons. The van der Waals surface area contributed by atoms with Gasteiger partial charge in [0.25, 0.3) is 0 Å². The van der Waals surface area contributed by atoms with E-state index in [1.54, 1.807) is 42.5 Å². The summed E-state index contributed by atoms with van der Waals surface area (Å²) in [6.45, 7) is 0. The van der Waals surface area contributed by atoms with Crippen molar-refractivity contribution in [2.45, 2.75) is 67.7 Å². The Hall–Kier alpha value is -3.19. The first kappa shape index (κ1) is 31.2. The molecule has 0 spiro atoms. The molecule has 0 radical (unpaired) electrons. The van der Waals surface area contributed by atoms with Crippen molar-refractivity contribution in [3.05, 3.63) is 87.5 Å². The van der Waals surface area contributed by atoms with Crippen LogP contribution in [-0.2, 0) is 26.5 Å². The van der Waals surface area contributed by atoms with Crippen LogP contribution in [0.3, 0.4) is 0 Å². The molecule has 0 aliphatic heterocycles. The van der Waals surface area contributed by atoms with Crippen molar-refractivity contribution in [3.8, 4) is 5.75 Å². The normalized spacial score (nSPS) is 17.4. The molecule has 1 heterocycles. The number of Topliss-reactive ketones (excluding diaryl/α,β-unsaturated/α-hetero) is 1. The number of hydrogen-bond donors (Lipinski definition) is 3. The van der Waals surface area contributed by atoms with E-state index in [2.05, 4.69) is 9.44 Å². The van der Waals surface area contributed by atoms with Crippen LogP contribution < -0.4 is 15.1 Å². The van der Waals surface area contributed by atoms with Gasteiger partial charge in [0.05, 0.1) is 27.3 Å². The van der Waals surface area contributed by atoms with Crippen molar-refractivity contribution in [3.63, 3.8) is 0 Å². The first-order valence-corrected chi connectivity index (χ1v) is 17.8. The number of sulfonamides is 2. The van der Waals surface area contributed by atoms with Crippen molar-refractivity contribution in [1.29, 1.82) is 0 Å². The van der Waals surface area contributed by atoms with Gasteiger partial charge in [-0.1, -0.05) is 36.8 Å². The highest BCUT2D eigenvalue weighted by Crippen LogP contribution is 2.49. The van der Waals surface area contributed by atoms with E-state index in [4.69, 9.17) is 16.0 Å². The van der Waals surface area contributed by atoms with Gasteiger partial charge in [0.1, 0.15) is 11.5 Å². The average molecular weight is 649 g/mol. The molecule has 5 rings (SSSR count). The van der Waals surface area contributed by atoms with E-state index >= 15 is 0 Å². The van der Waals surface area contributed by atoms with Gasteiger partial charge in [-0.05, 0) is 67.9 Å². The van der Waals surface area contributed by atoms with Crippen molar-refractivity contribution in [2.24, 2.45) is 5.92 Å². The highest BCUT2D eigenvalue weighted by atomic mass is 35.5. The molecule has 43 heavy (non-hydrogen) atoms. The topological polar surface area (TPSA) is 160 Å². The molecule has 0 bridgehead atoms. The molecule has 2 unspecified atom stereocenters. The zero-order valence-corrected chi connectivity index (χ0v) is 25.7. The van der Waals surface area contributed by atoms with Crippen molar-refractivity contribution >= 4 is 43.1 Å². The summed E-state index contributed by atoms with van der Waals surface area (Å²) in [4.78, 5) is 26.1. The minimum atomic E-state index is -3.95. The van der Waals surface area contributed by atoms with Crippen LogP contribution >= 0.6 is 11.6 Å². The number of halogens is 1. The number of nitrogens with one attached hydrogen (secondary N) is 2. The number of alkyl halides is 1. The minimum Gasteiger partial charge on any atom is -0.506 e. The van der Waals surface area contributed by atoms with Crippen LogP contribution in [0.1, 0.15) is 78.1 Å². The highest BCUT2D eigenvalue weighted by molar-refractivity contribution is 7.92. The van der Waals surface area contributed by atoms with Gasteiger partial charge >= 0.3 is 5.63 Å². The van der Waals surface area contributed by atoms with Crippen LogP contribution in [0.25, 0.3) is 0 Å². The molecule has 2 aromatic carbocycles. The summed E-state index contributed by atoms with van der Waals surface area (Å²) in [5.41, 5.74) is -0.950. The maximum Gasteiger partial charge on any atom is 0.343 e. The lowest BCUT2D eigenvalue weighted by atomic mass is 9.85. The van der Waals surface area contributed by atoms with Crippen LogP contribution in [0.5, 0.6) is 5.75 Å². The third-order valence-corrected chi connectivity index (χ3v) is 11.0. The second-order valence-corrected chi connectivity index (χ2v) is 15.1. The quantitative estimate of drug-likeness (QED) is 0.196. The number of benzene rings is 2. The molecule has 3 aromatic rings. The Labute approximate surface area is 255 Å². The van der Waals surface area contributed by atoms with Crippen molar-refractivity contribution in [2.75, 3.05) is 10.5 Å². The van der Waals surface area contributed by atoms with E-state index < -0.39 is 42.8 Å². The fraction of sp³-hybridized carbons (Fsp3) is 0.400. The summed E-state index contributed by atoms with van der Waals surface area (Å²) in [5, 5.41) is 11.3. The highest BCUT2D eigenvalue weighted by Gasteiger charge is 2.39. The van der Waals surface area contributed by atoms with E-state index in [1.165, 1.54) is 12.1 Å². The molecule has 2 aliphatic rings. The first-order chi connectivity index (χ1) is 20.4. The van der Waals surface area contributed by atoms with Crippen LogP contribution in [-0.4, -0.2) is 39.0 Å². The minimum absolute atomic E-state index is 0.0111. The number of ketones is 1. The number of aryl methyl sites for hydroxylation is 1. The number of aromatic hydroxyl groups is 1. The Kier molecular flexibility index (Phi) is 9.31. The lowest BCUT2D eigenvalue weighted by Gasteiger charge is -2.21. The van der Waals surface area contributed by atoms with Crippen LogP contribution in [0.2, 0.25) is 0 Å². The predicted molar refractivity (Wildman–Crippen MR) is 163 cm³/mol. The number of hydrogen-bond acceptors (Lipinski definition) is 8. The first-order valence-electron chi connectivity index (χ1n) is 14.2. The lowest BCUT2D eigenvalue weighted by molar-refractivity contribution is 0.0968. The Morgan fingerprint density at radius 3 is 2.40 bits per heavy atom. The Morgan fingerprint density at radius 1 is 0.953 bits per heavy atom. The maximum atomic E-state index is 13.2. The maximum absolute atomic E-state index is 13.2. The van der Waals surface area contributed by atoms with Crippen LogP contribution in [0.15, 0.2) is 68.7 Å². The number of carbonyl (C=O) groups is 1. The van der Waals surface area contributed by atoms with E-state index in [-0.39, 0.29) is 57.8 Å². The monoisotopic (exact) mass is 648 g/mol. The SMILES string of the molecule is O=C1CCCCCc2oc(=O)c(C(c3cccc(NS(=O)(=O)CCC(Cl)NS(=O)(=O)c4ccccc4)c3)C3CC3)c(O)c21. The standard InChI is InChI=1S/C30H33ClN2O8S2/c31-25(33-43(39,40)22-10-3-1-4-11-22)16-17-42(37,38)32-21-9-7-8-20(18-21)26(19-14-15-19)28-29(35)27-23(34)12-5-2-6-13-24(27)41-30(28)36/h1,3-4,7-11,18-19,25-26,32-33,35H,2,5-6,12-17H2. The number of anilines is 1. The summed E-state index contributed by atoms with van der Waals surface area (Å²) in [6, 6.07) is 14.1. The van der Waals surface area contributed by atoms with Gasteiger partial charge < -0.3 is 9.52 Å². The number of carbonyl (C=O) groups excluding carboxylic acids is 1. The van der Waals surface area contributed by atoms with Gasteiger partial charge in [0, 0.05) is 24.4 Å². The Balaban J connectivity index is 1.34. The molecule has 0 saturated heterocycles. The molecule has 1 fully saturated rings. The summed E-state index contributed by atoms with van der Waals surface area (Å²) < 4.78 is 61.2. The lowest BCUT2D eigenvalue weighted by Crippen LogP contribution is -2.33. The molecule has 2 atom stereocenters. The van der Waals surface area contributed by atoms with Crippen LogP contribution in [0, 0.1) is 5.92 Å². The second-order valence-electron chi connectivity index (χ2n) is 11.0. The second kappa shape index (κ2) is 12.8. The van der Waals surface area contributed by atoms with Gasteiger partial charge in [-0.3, -0.25) is 9.52 Å². The summed E-state index contributed by atoms with van der Waals surface area (Å²) >= 11 is 6.14. The summed E-state index contributed by atoms with van der Waals surface area (Å²) in [7, 11) is -7.87. The molecular formula is C30H33ClN2O8S2. The number of rotatable bonds is 11. The fourth-order valence-electron chi connectivity index (χ4n) is 5.48. The predicted octanol–water partition coefficient (Wildman–Crippen LogP) is 4.86. The fourth-order valence-corrected chi connectivity index (χ4v) is 8.31. The van der Waals surface area contributed by atoms with E-state index in [0.717, 1.165) is 25.7 Å². The molecule has 0 amide bonds. The van der Waals surface area contributed by atoms with Crippen molar-refractivity contribution in [1.82, 2.24) is 4.72 Å². The number of fused-ring (bicyclic) bond motifs is 1. The van der Waals surface area contributed by atoms with E-state index in [0.29, 0.717) is 18.4 Å².